The van der Waals surface area contributed by atoms with Gasteiger partial charge in [0.1, 0.15) is 5.75 Å². The molecular weight excluding hydrogens is 354 g/mol. The number of hydrogen-bond acceptors (Lipinski definition) is 5. The average molecular weight is 386 g/mol. The number of ether oxygens (including phenoxy) is 1. The summed E-state index contributed by atoms with van der Waals surface area (Å²) in [5, 5.41) is 7.25. The highest BCUT2D eigenvalue weighted by atomic mass is 16.5. The predicted molar refractivity (Wildman–Crippen MR) is 108 cm³/mol. The van der Waals surface area contributed by atoms with Crippen molar-refractivity contribution in [2.45, 2.75) is 71.3 Å². The van der Waals surface area contributed by atoms with Crippen molar-refractivity contribution in [2.24, 2.45) is 5.92 Å². The number of nitrogens with one attached hydrogen (secondary N) is 1. The lowest BCUT2D eigenvalue weighted by Crippen LogP contribution is -2.37. The molecule has 2 aromatic rings. The van der Waals surface area contributed by atoms with E-state index >= 15 is 0 Å². The lowest BCUT2D eigenvalue weighted by Gasteiger charge is -2.20. The molecule has 1 amide bonds. The van der Waals surface area contributed by atoms with Crippen LogP contribution in [0.25, 0.3) is 11.4 Å². The maximum Gasteiger partial charge on any atom is 0.227 e. The molecule has 2 atom stereocenters. The Kier molecular flexibility index (Phi) is 7.46. The Bertz CT molecular complexity index is 742. The number of carbonyl (C=O) groups is 1. The maximum atomic E-state index is 12.4. The molecule has 6 nitrogen and oxygen atoms in total. The van der Waals surface area contributed by atoms with E-state index in [0.29, 0.717) is 43.1 Å². The molecule has 1 aromatic carbocycles. The Morgan fingerprint density at radius 1 is 1.25 bits per heavy atom. The monoisotopic (exact) mass is 385 g/mol. The van der Waals surface area contributed by atoms with Gasteiger partial charge < -0.3 is 14.6 Å². The first-order chi connectivity index (χ1) is 13.7. The van der Waals surface area contributed by atoms with Crippen molar-refractivity contribution in [3.05, 3.63) is 30.2 Å². The molecule has 0 spiro atoms. The lowest BCUT2D eigenvalue weighted by atomic mass is 9.96. The lowest BCUT2D eigenvalue weighted by molar-refractivity contribution is -0.122. The Hall–Kier alpha value is -2.37. The fourth-order valence-corrected chi connectivity index (χ4v) is 3.88. The Labute approximate surface area is 167 Å². The van der Waals surface area contributed by atoms with E-state index < -0.39 is 0 Å². The second kappa shape index (κ2) is 10.2. The minimum Gasteiger partial charge on any atom is -0.494 e. The fourth-order valence-electron chi connectivity index (χ4n) is 3.88. The highest BCUT2D eigenvalue weighted by Crippen LogP contribution is 2.30. The third-order valence-electron chi connectivity index (χ3n) is 5.39. The fraction of sp³-hybridized carbons (Fsp3) is 0.591. The van der Waals surface area contributed by atoms with E-state index in [9.17, 15) is 4.79 Å². The summed E-state index contributed by atoms with van der Waals surface area (Å²) in [5.41, 5.74) is 0.868. The van der Waals surface area contributed by atoms with Gasteiger partial charge >= 0.3 is 0 Å². The van der Waals surface area contributed by atoms with Crippen LogP contribution in [0.5, 0.6) is 5.75 Å². The van der Waals surface area contributed by atoms with Crippen molar-refractivity contribution in [1.29, 1.82) is 0 Å². The Morgan fingerprint density at radius 3 is 2.82 bits per heavy atom. The van der Waals surface area contributed by atoms with Crippen LogP contribution in [0.4, 0.5) is 0 Å². The van der Waals surface area contributed by atoms with Crippen LogP contribution in [0.1, 0.15) is 64.7 Å². The van der Waals surface area contributed by atoms with Crippen LogP contribution >= 0.6 is 0 Å². The van der Waals surface area contributed by atoms with Crippen molar-refractivity contribution in [2.75, 3.05) is 6.61 Å². The minimum absolute atomic E-state index is 0.0780. The molecule has 1 fully saturated rings. The normalized spacial score (nSPS) is 18.9. The van der Waals surface area contributed by atoms with E-state index in [-0.39, 0.29) is 5.91 Å². The summed E-state index contributed by atoms with van der Waals surface area (Å²) in [4.78, 5) is 16.8. The van der Waals surface area contributed by atoms with Crippen molar-refractivity contribution < 1.29 is 14.1 Å². The van der Waals surface area contributed by atoms with Crippen molar-refractivity contribution in [1.82, 2.24) is 15.5 Å². The zero-order valence-electron chi connectivity index (χ0n) is 16.9. The summed E-state index contributed by atoms with van der Waals surface area (Å²) in [7, 11) is 0. The van der Waals surface area contributed by atoms with Crippen LogP contribution in [0.2, 0.25) is 0 Å². The molecule has 2 unspecified atom stereocenters. The Balaban J connectivity index is 1.48. The number of amides is 1. The predicted octanol–water partition coefficient (Wildman–Crippen LogP) is 4.54. The zero-order valence-corrected chi connectivity index (χ0v) is 16.9. The molecule has 0 radical (unpaired) electrons. The van der Waals surface area contributed by atoms with E-state index in [1.54, 1.807) is 0 Å². The standard InChI is InChI=1S/C22H31N3O3/c1-3-5-7-16-8-6-9-19(16)23-20(26)14-15-21-24-22(25-28-21)17-10-12-18(13-11-17)27-4-2/h10-13,16,19H,3-9,14-15H2,1-2H3,(H,23,26). The van der Waals surface area contributed by atoms with Crippen LogP contribution in [-0.4, -0.2) is 28.7 Å². The third-order valence-corrected chi connectivity index (χ3v) is 5.39. The SMILES string of the molecule is CCCCC1CCCC1NC(=O)CCc1nc(-c2ccc(OCC)cc2)no1. The molecule has 1 N–H and O–H groups in total. The van der Waals surface area contributed by atoms with Crippen LogP contribution in [0, 0.1) is 5.92 Å². The molecule has 0 saturated heterocycles. The Morgan fingerprint density at radius 2 is 2.07 bits per heavy atom. The number of nitrogens with zero attached hydrogens (tertiary/aromatic N) is 2. The summed E-state index contributed by atoms with van der Waals surface area (Å²) in [6.07, 6.45) is 8.07. The average Bonchev–Trinajstić information content (AvgIpc) is 3.35. The maximum absolute atomic E-state index is 12.4. The van der Waals surface area contributed by atoms with Crippen LogP contribution < -0.4 is 10.1 Å². The second-order valence-electron chi connectivity index (χ2n) is 7.48. The van der Waals surface area contributed by atoms with Gasteiger partial charge in [-0.1, -0.05) is 31.3 Å². The van der Waals surface area contributed by atoms with Gasteiger partial charge in [-0.3, -0.25) is 4.79 Å². The van der Waals surface area contributed by atoms with Crippen molar-refractivity contribution >= 4 is 5.91 Å². The number of carbonyl (C=O) groups excluding carboxylic acids is 1. The molecule has 1 aliphatic carbocycles. The number of aromatic nitrogens is 2. The van der Waals surface area contributed by atoms with Gasteiger partial charge in [0.25, 0.3) is 0 Å². The summed E-state index contributed by atoms with van der Waals surface area (Å²) in [6.45, 7) is 4.80. The summed E-state index contributed by atoms with van der Waals surface area (Å²) < 4.78 is 10.8. The smallest absolute Gasteiger partial charge is 0.227 e. The number of benzene rings is 1. The molecule has 6 heteroatoms. The van der Waals surface area contributed by atoms with E-state index in [0.717, 1.165) is 17.7 Å². The van der Waals surface area contributed by atoms with Gasteiger partial charge in [-0.15, -0.1) is 0 Å². The quantitative estimate of drug-likeness (QED) is 0.649. The first kappa shape index (κ1) is 20.4. The van der Waals surface area contributed by atoms with Crippen LogP contribution in [0.15, 0.2) is 28.8 Å². The second-order valence-corrected chi connectivity index (χ2v) is 7.48. The number of unbranched alkanes of at least 4 members (excludes halogenated alkanes) is 1. The van der Waals surface area contributed by atoms with E-state index in [2.05, 4.69) is 22.4 Å². The van der Waals surface area contributed by atoms with E-state index in [4.69, 9.17) is 9.26 Å². The summed E-state index contributed by atoms with van der Waals surface area (Å²) in [6, 6.07) is 7.92. The number of rotatable bonds is 10. The van der Waals surface area contributed by atoms with Crippen molar-refractivity contribution in [3.63, 3.8) is 0 Å². The van der Waals surface area contributed by atoms with Gasteiger partial charge in [-0.25, -0.2) is 0 Å². The first-order valence-corrected chi connectivity index (χ1v) is 10.5. The summed E-state index contributed by atoms with van der Waals surface area (Å²) in [5.74, 6) is 2.56. The topological polar surface area (TPSA) is 77.2 Å². The molecule has 152 valence electrons. The van der Waals surface area contributed by atoms with Gasteiger partial charge in [-0.05, 0) is 56.4 Å². The first-order valence-electron chi connectivity index (χ1n) is 10.5. The van der Waals surface area contributed by atoms with Gasteiger partial charge in [0, 0.05) is 24.4 Å². The van der Waals surface area contributed by atoms with E-state index in [1.807, 2.05) is 31.2 Å². The minimum atomic E-state index is 0.0780. The zero-order chi connectivity index (χ0) is 19.8. The third kappa shape index (κ3) is 5.57. The molecule has 1 aliphatic rings. The molecule has 3 rings (SSSR count). The number of hydrogen-bond donors (Lipinski definition) is 1. The van der Waals surface area contributed by atoms with Gasteiger partial charge in [0.05, 0.1) is 6.61 Å². The molecular formula is C22H31N3O3. The molecule has 1 heterocycles. The largest absolute Gasteiger partial charge is 0.494 e. The van der Waals surface area contributed by atoms with Crippen LogP contribution in [-0.2, 0) is 11.2 Å². The molecule has 28 heavy (non-hydrogen) atoms. The highest BCUT2D eigenvalue weighted by Gasteiger charge is 2.27. The summed E-state index contributed by atoms with van der Waals surface area (Å²) >= 11 is 0. The molecule has 1 saturated carbocycles. The number of aryl methyl sites for hydroxylation is 1. The van der Waals surface area contributed by atoms with Gasteiger partial charge in [-0.2, -0.15) is 4.98 Å². The van der Waals surface area contributed by atoms with Crippen LogP contribution in [0.3, 0.4) is 0 Å². The molecule has 0 bridgehead atoms. The van der Waals surface area contributed by atoms with E-state index in [1.165, 1.54) is 32.1 Å². The van der Waals surface area contributed by atoms with Gasteiger partial charge in [0.15, 0.2) is 0 Å². The highest BCUT2D eigenvalue weighted by molar-refractivity contribution is 5.76. The van der Waals surface area contributed by atoms with Crippen molar-refractivity contribution in [3.8, 4) is 17.1 Å². The molecule has 1 aromatic heterocycles. The van der Waals surface area contributed by atoms with Gasteiger partial charge in [0.2, 0.25) is 17.6 Å². The molecule has 0 aliphatic heterocycles.